The van der Waals surface area contributed by atoms with Crippen molar-refractivity contribution < 1.29 is 10.2 Å². The largest absolute Gasteiger partial charge is 0.507 e. The zero-order valence-electron chi connectivity index (χ0n) is 13.9. The molecule has 3 aromatic rings. The average Bonchev–Trinajstić information content (AvgIpc) is 2.67. The van der Waals surface area contributed by atoms with Crippen molar-refractivity contribution in [3.8, 4) is 5.75 Å². The second-order valence-electron chi connectivity index (χ2n) is 5.95. The molecule has 3 heteroatoms. The Kier molecular flexibility index (Phi) is 5.60. The predicted molar refractivity (Wildman–Crippen MR) is 101 cm³/mol. The van der Waals surface area contributed by atoms with E-state index in [1.54, 1.807) is 24.4 Å². The van der Waals surface area contributed by atoms with Gasteiger partial charge in [0, 0.05) is 11.8 Å². The number of aliphatic hydroxyl groups is 1. The van der Waals surface area contributed by atoms with Crippen molar-refractivity contribution in [2.24, 2.45) is 4.99 Å². The smallest absolute Gasteiger partial charge is 0.124 e. The molecule has 0 heterocycles. The Bertz CT molecular complexity index is 816. The highest BCUT2D eigenvalue weighted by atomic mass is 16.3. The molecular formula is C22H21NO2. The number of aliphatic hydroxyl groups excluding tert-OH is 1. The maximum atomic E-state index is 10.8. The third kappa shape index (κ3) is 4.55. The number of aromatic hydroxyl groups is 1. The lowest BCUT2D eigenvalue weighted by molar-refractivity contribution is 0.147. The zero-order valence-corrected chi connectivity index (χ0v) is 13.9. The Morgan fingerprint density at radius 3 is 2.08 bits per heavy atom. The van der Waals surface area contributed by atoms with Gasteiger partial charge < -0.3 is 10.2 Å². The molecule has 126 valence electrons. The van der Waals surface area contributed by atoms with E-state index in [1.807, 2.05) is 66.7 Å². The molecule has 0 spiro atoms. The molecule has 0 saturated heterocycles. The molecule has 0 bridgehead atoms. The first kappa shape index (κ1) is 16.9. The average molecular weight is 331 g/mol. The van der Waals surface area contributed by atoms with Gasteiger partial charge in [-0.1, -0.05) is 72.8 Å². The van der Waals surface area contributed by atoms with Gasteiger partial charge >= 0.3 is 0 Å². The SMILES string of the molecule is Oc1ccccc1C=NC(Cc1ccccc1)C(O)c1ccccc1. The predicted octanol–water partition coefficient (Wildman–Crippen LogP) is 4.16. The zero-order chi connectivity index (χ0) is 17.5. The number of hydrogen-bond donors (Lipinski definition) is 2. The standard InChI is InChI=1S/C22H21NO2/c24-21-14-8-7-13-19(21)16-23-20(15-17-9-3-1-4-10-17)22(25)18-11-5-2-6-12-18/h1-14,16,20,22,24-25H,15H2. The van der Waals surface area contributed by atoms with Crippen LogP contribution in [0.3, 0.4) is 0 Å². The minimum Gasteiger partial charge on any atom is -0.507 e. The highest BCUT2D eigenvalue weighted by molar-refractivity contribution is 5.83. The molecule has 0 amide bonds. The summed E-state index contributed by atoms with van der Waals surface area (Å²) in [6.45, 7) is 0. The van der Waals surface area contributed by atoms with E-state index >= 15 is 0 Å². The molecular weight excluding hydrogens is 310 g/mol. The van der Waals surface area contributed by atoms with Gasteiger partial charge in [-0.25, -0.2) is 0 Å². The fourth-order valence-electron chi connectivity index (χ4n) is 2.75. The summed E-state index contributed by atoms with van der Waals surface area (Å²) in [6.07, 6.45) is 1.53. The van der Waals surface area contributed by atoms with Crippen molar-refractivity contribution in [1.29, 1.82) is 0 Å². The van der Waals surface area contributed by atoms with Crippen LogP contribution in [0.25, 0.3) is 0 Å². The topological polar surface area (TPSA) is 52.8 Å². The maximum absolute atomic E-state index is 10.8. The van der Waals surface area contributed by atoms with E-state index in [4.69, 9.17) is 0 Å². The van der Waals surface area contributed by atoms with E-state index < -0.39 is 6.10 Å². The Morgan fingerprint density at radius 2 is 1.40 bits per heavy atom. The van der Waals surface area contributed by atoms with Crippen molar-refractivity contribution in [2.75, 3.05) is 0 Å². The van der Waals surface area contributed by atoms with Gasteiger partial charge in [-0.2, -0.15) is 0 Å². The first-order chi connectivity index (χ1) is 12.2. The summed E-state index contributed by atoms with van der Waals surface area (Å²) in [5.74, 6) is 0.180. The van der Waals surface area contributed by atoms with Crippen LogP contribution in [-0.4, -0.2) is 22.5 Å². The molecule has 2 N–H and O–H groups in total. The molecule has 0 aliphatic heterocycles. The lowest BCUT2D eigenvalue weighted by Gasteiger charge is -2.20. The number of aliphatic imine (C=N–C) groups is 1. The molecule has 3 aromatic carbocycles. The molecule has 0 radical (unpaired) electrons. The first-order valence-electron chi connectivity index (χ1n) is 8.32. The lowest BCUT2D eigenvalue weighted by atomic mass is 9.96. The van der Waals surface area contributed by atoms with Crippen LogP contribution in [0.5, 0.6) is 5.75 Å². The van der Waals surface area contributed by atoms with Crippen molar-refractivity contribution in [2.45, 2.75) is 18.6 Å². The molecule has 3 rings (SSSR count). The van der Waals surface area contributed by atoms with E-state index in [-0.39, 0.29) is 11.8 Å². The number of phenols is 1. The van der Waals surface area contributed by atoms with Crippen LogP contribution in [0.2, 0.25) is 0 Å². The number of rotatable bonds is 6. The van der Waals surface area contributed by atoms with E-state index in [0.29, 0.717) is 12.0 Å². The van der Waals surface area contributed by atoms with Gasteiger partial charge in [-0.15, -0.1) is 0 Å². The molecule has 0 aromatic heterocycles. The fourth-order valence-corrected chi connectivity index (χ4v) is 2.75. The van der Waals surface area contributed by atoms with Gasteiger partial charge in [0.2, 0.25) is 0 Å². The summed E-state index contributed by atoms with van der Waals surface area (Å²) in [4.78, 5) is 4.59. The van der Waals surface area contributed by atoms with Crippen LogP contribution in [0, 0.1) is 0 Å². The van der Waals surface area contributed by atoms with E-state index in [2.05, 4.69) is 4.99 Å². The van der Waals surface area contributed by atoms with Crippen LogP contribution < -0.4 is 0 Å². The third-order valence-corrected chi connectivity index (χ3v) is 4.14. The summed E-state index contributed by atoms with van der Waals surface area (Å²) < 4.78 is 0. The van der Waals surface area contributed by atoms with Crippen LogP contribution in [0.1, 0.15) is 22.8 Å². The minimum atomic E-state index is -0.719. The second kappa shape index (κ2) is 8.27. The van der Waals surface area contributed by atoms with Crippen molar-refractivity contribution in [3.05, 3.63) is 102 Å². The van der Waals surface area contributed by atoms with E-state index in [9.17, 15) is 10.2 Å². The normalized spacial score (nSPS) is 13.6. The number of phenolic OH excluding ortho intramolecular Hbond substituents is 1. The monoisotopic (exact) mass is 331 g/mol. The van der Waals surface area contributed by atoms with Crippen LogP contribution in [0.15, 0.2) is 89.9 Å². The molecule has 0 aliphatic rings. The fraction of sp³-hybridized carbons (Fsp3) is 0.136. The van der Waals surface area contributed by atoms with E-state index in [0.717, 1.165) is 11.1 Å². The summed E-state index contributed by atoms with van der Waals surface area (Å²) in [6, 6.07) is 26.2. The maximum Gasteiger partial charge on any atom is 0.124 e. The molecule has 0 fully saturated rings. The third-order valence-electron chi connectivity index (χ3n) is 4.14. The molecule has 0 saturated carbocycles. The second-order valence-corrected chi connectivity index (χ2v) is 5.95. The van der Waals surface area contributed by atoms with Crippen LogP contribution >= 0.6 is 0 Å². The number of nitrogens with zero attached hydrogens (tertiary/aromatic N) is 1. The molecule has 2 unspecified atom stereocenters. The first-order valence-corrected chi connectivity index (χ1v) is 8.32. The van der Waals surface area contributed by atoms with Crippen LogP contribution in [0.4, 0.5) is 0 Å². The van der Waals surface area contributed by atoms with Gasteiger partial charge in [-0.3, -0.25) is 4.99 Å². The summed E-state index contributed by atoms with van der Waals surface area (Å²) >= 11 is 0. The van der Waals surface area contributed by atoms with Gasteiger partial charge in [0.15, 0.2) is 0 Å². The van der Waals surface area contributed by atoms with E-state index in [1.165, 1.54) is 0 Å². The number of hydrogen-bond acceptors (Lipinski definition) is 3. The highest BCUT2D eigenvalue weighted by Gasteiger charge is 2.20. The van der Waals surface area contributed by atoms with Gasteiger partial charge in [0.1, 0.15) is 11.9 Å². The highest BCUT2D eigenvalue weighted by Crippen LogP contribution is 2.23. The van der Waals surface area contributed by atoms with Gasteiger partial charge in [0.05, 0.1) is 6.04 Å². The van der Waals surface area contributed by atoms with Gasteiger partial charge in [0.25, 0.3) is 0 Å². The van der Waals surface area contributed by atoms with Crippen LogP contribution in [-0.2, 0) is 6.42 Å². The van der Waals surface area contributed by atoms with Crippen molar-refractivity contribution >= 4 is 6.21 Å². The van der Waals surface area contributed by atoms with Crippen molar-refractivity contribution in [3.63, 3.8) is 0 Å². The summed E-state index contributed by atoms with van der Waals surface area (Å²) in [5, 5.41) is 20.7. The summed E-state index contributed by atoms with van der Waals surface area (Å²) in [7, 11) is 0. The molecule has 2 atom stereocenters. The summed E-state index contributed by atoms with van der Waals surface area (Å²) in [5.41, 5.74) is 2.58. The molecule has 0 aliphatic carbocycles. The Balaban J connectivity index is 1.87. The van der Waals surface area contributed by atoms with Crippen molar-refractivity contribution in [1.82, 2.24) is 0 Å². The lowest BCUT2D eigenvalue weighted by Crippen LogP contribution is -2.19. The number of benzene rings is 3. The Morgan fingerprint density at radius 1 is 0.800 bits per heavy atom. The quantitative estimate of drug-likeness (QED) is 0.667. The molecule has 25 heavy (non-hydrogen) atoms. The Hall–Kier alpha value is -2.91. The minimum absolute atomic E-state index is 0.180. The number of para-hydroxylation sites is 1. The Labute approximate surface area is 147 Å². The molecule has 3 nitrogen and oxygen atoms in total. The van der Waals surface area contributed by atoms with Gasteiger partial charge in [-0.05, 0) is 29.7 Å².